The maximum absolute atomic E-state index is 12.6. The third kappa shape index (κ3) is 5.44. The summed E-state index contributed by atoms with van der Waals surface area (Å²) >= 11 is 0. The highest BCUT2D eigenvalue weighted by Gasteiger charge is 2.11. The van der Waals surface area contributed by atoms with Crippen LogP contribution in [-0.4, -0.2) is 22.7 Å². The zero-order valence-corrected chi connectivity index (χ0v) is 19.7. The molecule has 0 aliphatic carbocycles. The molecule has 34 heavy (non-hydrogen) atoms. The lowest BCUT2D eigenvalue weighted by Crippen LogP contribution is -1.99. The van der Waals surface area contributed by atoms with Gasteiger partial charge in [0.15, 0.2) is 5.78 Å². The van der Waals surface area contributed by atoms with Gasteiger partial charge in [-0.2, -0.15) is 5.10 Å². The van der Waals surface area contributed by atoms with Crippen LogP contribution in [-0.2, 0) is 13.2 Å². The number of rotatable bonds is 9. The number of hydrogen-bond donors (Lipinski definition) is 0. The van der Waals surface area contributed by atoms with Crippen LogP contribution >= 0.6 is 0 Å². The molecule has 0 amide bonds. The SMILES string of the molecule is CCn1cc(C(=O)/C=C/c2ccc(OC)c(COc3ccc(-c4ccccc4)cc3)c2)c(C)n1. The fraction of sp³-hybridized carbons (Fsp3) is 0.172. The van der Waals surface area contributed by atoms with E-state index in [-0.39, 0.29) is 5.78 Å². The van der Waals surface area contributed by atoms with Gasteiger partial charge in [0.05, 0.1) is 18.4 Å². The van der Waals surface area contributed by atoms with Crippen LogP contribution in [0, 0.1) is 6.92 Å². The summed E-state index contributed by atoms with van der Waals surface area (Å²) in [4.78, 5) is 12.6. The molecule has 1 aromatic heterocycles. The van der Waals surface area contributed by atoms with E-state index in [0.29, 0.717) is 12.2 Å². The van der Waals surface area contributed by atoms with Crippen molar-refractivity contribution in [2.45, 2.75) is 27.0 Å². The van der Waals surface area contributed by atoms with Gasteiger partial charge in [0.2, 0.25) is 0 Å². The van der Waals surface area contributed by atoms with Crippen LogP contribution in [0.3, 0.4) is 0 Å². The van der Waals surface area contributed by atoms with Gasteiger partial charge < -0.3 is 9.47 Å². The van der Waals surface area contributed by atoms with E-state index in [1.54, 1.807) is 24.1 Å². The number of aromatic nitrogens is 2. The van der Waals surface area contributed by atoms with E-state index in [2.05, 4.69) is 29.4 Å². The summed E-state index contributed by atoms with van der Waals surface area (Å²) in [6.45, 7) is 4.93. The normalized spacial score (nSPS) is 11.0. The van der Waals surface area contributed by atoms with E-state index >= 15 is 0 Å². The van der Waals surface area contributed by atoms with Crippen molar-refractivity contribution in [3.63, 3.8) is 0 Å². The second-order valence-electron chi connectivity index (χ2n) is 7.93. The first-order valence-electron chi connectivity index (χ1n) is 11.3. The van der Waals surface area contributed by atoms with Gasteiger partial charge in [0, 0.05) is 18.3 Å². The summed E-state index contributed by atoms with van der Waals surface area (Å²) in [5.74, 6) is 1.45. The lowest BCUT2D eigenvalue weighted by atomic mass is 10.1. The maximum atomic E-state index is 12.6. The molecule has 0 N–H and O–H groups in total. The minimum absolute atomic E-state index is 0.0654. The van der Waals surface area contributed by atoms with Gasteiger partial charge in [-0.15, -0.1) is 0 Å². The van der Waals surface area contributed by atoms with Crippen LogP contribution in [0.15, 0.2) is 85.1 Å². The highest BCUT2D eigenvalue weighted by Crippen LogP contribution is 2.25. The third-order valence-corrected chi connectivity index (χ3v) is 5.62. The lowest BCUT2D eigenvalue weighted by molar-refractivity contribution is 0.104. The first-order chi connectivity index (χ1) is 16.6. The number of hydrogen-bond acceptors (Lipinski definition) is 4. The quantitative estimate of drug-likeness (QED) is 0.219. The van der Waals surface area contributed by atoms with Gasteiger partial charge in [-0.1, -0.05) is 54.6 Å². The average molecular weight is 453 g/mol. The minimum Gasteiger partial charge on any atom is -0.496 e. The number of aryl methyl sites for hydroxylation is 2. The van der Waals surface area contributed by atoms with Crippen molar-refractivity contribution in [2.75, 3.05) is 7.11 Å². The summed E-state index contributed by atoms with van der Waals surface area (Å²) in [7, 11) is 1.64. The zero-order chi connectivity index (χ0) is 23.9. The molecule has 0 atom stereocenters. The molecular weight excluding hydrogens is 424 g/mol. The van der Waals surface area contributed by atoms with Crippen LogP contribution < -0.4 is 9.47 Å². The second-order valence-corrected chi connectivity index (χ2v) is 7.93. The van der Waals surface area contributed by atoms with E-state index in [4.69, 9.17) is 9.47 Å². The summed E-state index contributed by atoms with van der Waals surface area (Å²) in [5.41, 5.74) is 5.46. The Balaban J connectivity index is 1.45. The molecule has 0 saturated heterocycles. The van der Waals surface area contributed by atoms with E-state index in [0.717, 1.165) is 40.4 Å². The van der Waals surface area contributed by atoms with Crippen molar-refractivity contribution in [1.82, 2.24) is 9.78 Å². The molecule has 4 rings (SSSR count). The molecule has 0 bridgehead atoms. The molecule has 4 aromatic rings. The number of carbonyl (C=O) groups excluding carboxylic acids is 1. The molecule has 0 unspecified atom stereocenters. The molecule has 0 fully saturated rings. The summed E-state index contributed by atoms with van der Waals surface area (Å²) in [6, 6.07) is 24.1. The monoisotopic (exact) mass is 452 g/mol. The van der Waals surface area contributed by atoms with Crippen LogP contribution in [0.25, 0.3) is 17.2 Å². The molecule has 172 valence electrons. The Morgan fingerprint density at radius 1 is 1.00 bits per heavy atom. The smallest absolute Gasteiger partial charge is 0.189 e. The fourth-order valence-electron chi connectivity index (χ4n) is 3.73. The van der Waals surface area contributed by atoms with Crippen molar-refractivity contribution in [3.8, 4) is 22.6 Å². The van der Waals surface area contributed by atoms with Crippen molar-refractivity contribution < 1.29 is 14.3 Å². The van der Waals surface area contributed by atoms with Gasteiger partial charge in [-0.3, -0.25) is 9.48 Å². The largest absolute Gasteiger partial charge is 0.496 e. The number of nitrogens with zero attached hydrogens (tertiary/aromatic N) is 2. The Hall–Kier alpha value is -4.12. The van der Waals surface area contributed by atoms with E-state index < -0.39 is 0 Å². The molecule has 0 radical (unpaired) electrons. The van der Waals surface area contributed by atoms with Gasteiger partial charge >= 0.3 is 0 Å². The summed E-state index contributed by atoms with van der Waals surface area (Å²) in [6.07, 6.45) is 5.18. The standard InChI is InChI=1S/C29H28N2O3/c1-4-31-19-27(21(2)30-31)28(32)16-10-22-11-17-29(33-3)25(18-22)20-34-26-14-12-24(13-15-26)23-8-6-5-7-9-23/h5-19H,4,20H2,1-3H3/b16-10+. The third-order valence-electron chi connectivity index (χ3n) is 5.62. The molecule has 0 saturated carbocycles. The van der Waals surface area contributed by atoms with E-state index in [1.165, 1.54) is 5.56 Å². The minimum atomic E-state index is -0.0654. The van der Waals surface area contributed by atoms with Crippen molar-refractivity contribution in [1.29, 1.82) is 0 Å². The van der Waals surface area contributed by atoms with E-state index in [1.807, 2.05) is 68.5 Å². The highest BCUT2D eigenvalue weighted by molar-refractivity contribution is 6.07. The topological polar surface area (TPSA) is 53.4 Å². The molecule has 3 aromatic carbocycles. The van der Waals surface area contributed by atoms with Crippen LogP contribution in [0.2, 0.25) is 0 Å². The zero-order valence-electron chi connectivity index (χ0n) is 19.7. The average Bonchev–Trinajstić information content (AvgIpc) is 3.27. The lowest BCUT2D eigenvalue weighted by Gasteiger charge is -2.12. The van der Waals surface area contributed by atoms with Crippen LogP contribution in [0.1, 0.15) is 34.1 Å². The molecule has 5 nitrogen and oxygen atoms in total. The number of methoxy groups -OCH3 is 1. The summed E-state index contributed by atoms with van der Waals surface area (Å²) < 4.78 is 13.3. The van der Waals surface area contributed by atoms with E-state index in [9.17, 15) is 4.79 Å². The second kappa shape index (κ2) is 10.7. The first-order valence-corrected chi connectivity index (χ1v) is 11.3. The fourth-order valence-corrected chi connectivity index (χ4v) is 3.73. The van der Waals surface area contributed by atoms with Crippen LogP contribution in [0.4, 0.5) is 0 Å². The molecule has 0 aliphatic rings. The molecule has 0 aliphatic heterocycles. The number of ether oxygens (including phenoxy) is 2. The summed E-state index contributed by atoms with van der Waals surface area (Å²) in [5, 5.41) is 4.35. The number of benzene rings is 3. The number of ketones is 1. The molecule has 0 spiro atoms. The van der Waals surface area contributed by atoms with Gasteiger partial charge in [0.25, 0.3) is 0 Å². The number of carbonyl (C=O) groups is 1. The number of allylic oxidation sites excluding steroid dienone is 1. The molecule has 1 heterocycles. The highest BCUT2D eigenvalue weighted by atomic mass is 16.5. The molecule has 5 heteroatoms. The maximum Gasteiger partial charge on any atom is 0.189 e. The predicted molar refractivity (Wildman–Crippen MR) is 135 cm³/mol. The van der Waals surface area contributed by atoms with Crippen molar-refractivity contribution in [3.05, 3.63) is 107 Å². The van der Waals surface area contributed by atoms with Crippen molar-refractivity contribution in [2.24, 2.45) is 0 Å². The van der Waals surface area contributed by atoms with Crippen LogP contribution in [0.5, 0.6) is 11.5 Å². The first kappa shape index (κ1) is 23.1. The Bertz CT molecular complexity index is 1290. The van der Waals surface area contributed by atoms with Gasteiger partial charge in [0.1, 0.15) is 18.1 Å². The Kier molecular flexibility index (Phi) is 7.23. The predicted octanol–water partition coefficient (Wildman–Crippen LogP) is 6.36. The van der Waals surface area contributed by atoms with Crippen molar-refractivity contribution >= 4 is 11.9 Å². The Morgan fingerprint density at radius 2 is 1.74 bits per heavy atom. The molecular formula is C29H28N2O3. The Labute approximate surface area is 200 Å². The van der Waals surface area contributed by atoms with Gasteiger partial charge in [-0.25, -0.2) is 0 Å². The Morgan fingerprint density at radius 3 is 2.41 bits per heavy atom. The van der Waals surface area contributed by atoms with Gasteiger partial charge in [-0.05, 0) is 60.9 Å².